The summed E-state index contributed by atoms with van der Waals surface area (Å²) in [7, 11) is 0. The average Bonchev–Trinajstić information content (AvgIpc) is 2.96. The smallest absolute Gasteiger partial charge is 0.266 e. The van der Waals surface area contributed by atoms with Crippen molar-refractivity contribution >= 4 is 51.9 Å². The van der Waals surface area contributed by atoms with Crippen LogP contribution in [0.15, 0.2) is 71.7 Å². The Labute approximate surface area is 172 Å². The quantitative estimate of drug-likeness (QED) is 0.425. The van der Waals surface area contributed by atoms with E-state index in [-0.39, 0.29) is 30.5 Å². The Morgan fingerprint density at radius 1 is 1.14 bits per heavy atom. The third kappa shape index (κ3) is 5.31. The lowest BCUT2D eigenvalue weighted by molar-refractivity contribution is -0.122. The number of carbonyl (C=O) groups excluding carboxylic acids is 2. The molecule has 3 rings (SSSR count). The first-order valence-corrected chi connectivity index (χ1v) is 9.81. The molecule has 1 aliphatic heterocycles. The molecule has 0 aromatic heterocycles. The number of phenols is 1. The van der Waals surface area contributed by atoms with Gasteiger partial charge in [-0.3, -0.25) is 14.5 Å². The van der Waals surface area contributed by atoms with Crippen LogP contribution in [0, 0.1) is 0 Å². The Balaban J connectivity index is 1.54. The van der Waals surface area contributed by atoms with E-state index in [9.17, 15) is 14.7 Å². The molecule has 5 nitrogen and oxygen atoms in total. The van der Waals surface area contributed by atoms with Crippen molar-refractivity contribution in [2.24, 2.45) is 0 Å². The second kappa shape index (κ2) is 9.34. The van der Waals surface area contributed by atoms with E-state index in [0.29, 0.717) is 14.9 Å². The molecule has 1 heterocycles. The highest BCUT2D eigenvalue weighted by molar-refractivity contribution is 8.26. The highest BCUT2D eigenvalue weighted by Gasteiger charge is 2.31. The molecule has 0 radical (unpaired) electrons. The van der Waals surface area contributed by atoms with E-state index in [0.717, 1.165) is 5.56 Å². The molecular formula is C21H18N2O3S2. The minimum Gasteiger partial charge on any atom is -0.508 e. The number of hydrogen-bond donors (Lipinski definition) is 2. The molecule has 0 bridgehead atoms. The molecule has 0 saturated carbocycles. The summed E-state index contributed by atoms with van der Waals surface area (Å²) in [5.74, 6) is -0.290. The summed E-state index contributed by atoms with van der Waals surface area (Å²) in [6, 6.07) is 16.0. The maximum absolute atomic E-state index is 12.5. The summed E-state index contributed by atoms with van der Waals surface area (Å²) in [6.07, 6.45) is 5.60. The van der Waals surface area contributed by atoms with Crippen LogP contribution in [-0.4, -0.2) is 32.7 Å². The van der Waals surface area contributed by atoms with Crippen LogP contribution in [0.2, 0.25) is 0 Å². The van der Waals surface area contributed by atoms with Crippen molar-refractivity contribution in [2.75, 3.05) is 11.9 Å². The number of benzene rings is 2. The fraction of sp³-hybridized carbons (Fsp3) is 0.0952. The van der Waals surface area contributed by atoms with Crippen molar-refractivity contribution in [3.05, 3.63) is 77.2 Å². The molecule has 142 valence electrons. The summed E-state index contributed by atoms with van der Waals surface area (Å²) in [5.41, 5.74) is 1.62. The summed E-state index contributed by atoms with van der Waals surface area (Å²) < 4.78 is 0.446. The second-order valence-corrected chi connectivity index (χ2v) is 7.65. The number of nitrogens with one attached hydrogen (secondary N) is 1. The normalized spacial score (nSPS) is 15.6. The predicted octanol–water partition coefficient (Wildman–Crippen LogP) is 4.18. The van der Waals surface area contributed by atoms with E-state index in [1.807, 2.05) is 42.5 Å². The highest BCUT2D eigenvalue weighted by atomic mass is 32.2. The van der Waals surface area contributed by atoms with Crippen molar-refractivity contribution in [2.45, 2.75) is 6.42 Å². The molecule has 28 heavy (non-hydrogen) atoms. The molecule has 0 spiro atoms. The van der Waals surface area contributed by atoms with E-state index < -0.39 is 0 Å². The Kier molecular flexibility index (Phi) is 6.62. The van der Waals surface area contributed by atoms with Crippen LogP contribution < -0.4 is 5.32 Å². The first-order chi connectivity index (χ1) is 13.5. The SMILES string of the molecule is O=C(CCN1C(=O)C(=CC=Cc2ccccc2)SC1=S)Nc1ccc(O)cc1. The number of nitrogens with zero attached hydrogens (tertiary/aromatic N) is 1. The van der Waals surface area contributed by atoms with E-state index >= 15 is 0 Å². The van der Waals surface area contributed by atoms with Crippen molar-refractivity contribution < 1.29 is 14.7 Å². The highest BCUT2D eigenvalue weighted by Crippen LogP contribution is 2.31. The van der Waals surface area contributed by atoms with Crippen molar-refractivity contribution in [1.29, 1.82) is 0 Å². The van der Waals surface area contributed by atoms with Crippen molar-refractivity contribution in [1.82, 2.24) is 4.90 Å². The molecule has 1 aliphatic rings. The van der Waals surface area contributed by atoms with Crippen LogP contribution in [0.3, 0.4) is 0 Å². The van der Waals surface area contributed by atoms with Gasteiger partial charge in [0.05, 0.1) is 4.91 Å². The first-order valence-electron chi connectivity index (χ1n) is 8.59. The summed E-state index contributed by atoms with van der Waals surface area (Å²) in [4.78, 5) is 26.6. The third-order valence-electron chi connectivity index (χ3n) is 3.92. The zero-order chi connectivity index (χ0) is 19.9. The van der Waals surface area contributed by atoms with Gasteiger partial charge in [-0.15, -0.1) is 0 Å². The number of aromatic hydroxyl groups is 1. The minimum absolute atomic E-state index is 0.125. The van der Waals surface area contributed by atoms with Crippen LogP contribution in [0.4, 0.5) is 5.69 Å². The molecule has 7 heteroatoms. The largest absolute Gasteiger partial charge is 0.508 e. The molecule has 0 atom stereocenters. The molecule has 0 aliphatic carbocycles. The van der Waals surface area contributed by atoms with E-state index in [1.165, 1.54) is 28.8 Å². The van der Waals surface area contributed by atoms with Gasteiger partial charge in [-0.1, -0.05) is 66.5 Å². The second-order valence-electron chi connectivity index (χ2n) is 5.97. The number of rotatable bonds is 6. The zero-order valence-electron chi connectivity index (χ0n) is 14.9. The van der Waals surface area contributed by atoms with Gasteiger partial charge in [0.15, 0.2) is 0 Å². The maximum atomic E-state index is 12.5. The van der Waals surface area contributed by atoms with Crippen LogP contribution >= 0.6 is 24.0 Å². The number of amides is 2. The molecule has 2 aromatic carbocycles. The zero-order valence-corrected chi connectivity index (χ0v) is 16.5. The molecule has 1 saturated heterocycles. The molecular weight excluding hydrogens is 392 g/mol. The Bertz CT molecular complexity index is 938. The van der Waals surface area contributed by atoms with Crippen LogP contribution in [0.25, 0.3) is 6.08 Å². The van der Waals surface area contributed by atoms with Gasteiger partial charge < -0.3 is 10.4 Å². The number of thioether (sulfide) groups is 1. The van der Waals surface area contributed by atoms with Gasteiger partial charge in [0.1, 0.15) is 10.1 Å². The first kappa shape index (κ1) is 19.9. The van der Waals surface area contributed by atoms with E-state index in [1.54, 1.807) is 18.2 Å². The minimum atomic E-state index is -0.229. The van der Waals surface area contributed by atoms with Gasteiger partial charge in [-0.05, 0) is 35.9 Å². The fourth-order valence-corrected chi connectivity index (χ4v) is 3.76. The molecule has 2 N–H and O–H groups in total. The third-order valence-corrected chi connectivity index (χ3v) is 5.32. The maximum Gasteiger partial charge on any atom is 0.266 e. The number of allylic oxidation sites excluding steroid dienone is 2. The van der Waals surface area contributed by atoms with Gasteiger partial charge in [-0.25, -0.2) is 0 Å². The number of phenolic OH excluding ortho intramolecular Hbond substituents is 1. The number of thiocarbonyl (C=S) groups is 1. The molecule has 2 aromatic rings. The monoisotopic (exact) mass is 410 g/mol. The van der Waals surface area contributed by atoms with Crippen LogP contribution in [-0.2, 0) is 9.59 Å². The molecule has 0 unspecified atom stereocenters. The number of anilines is 1. The molecule has 1 fully saturated rings. The standard InChI is InChI=1S/C21H18N2O3S2/c24-17-11-9-16(10-12-17)22-19(25)13-14-23-20(26)18(28-21(23)27)8-4-7-15-5-2-1-3-6-15/h1-12,24H,13-14H2,(H,22,25). The van der Waals surface area contributed by atoms with Crippen LogP contribution in [0.1, 0.15) is 12.0 Å². The fourth-order valence-electron chi connectivity index (χ4n) is 2.50. The van der Waals surface area contributed by atoms with Gasteiger partial charge in [0.25, 0.3) is 5.91 Å². The Morgan fingerprint density at radius 3 is 2.57 bits per heavy atom. The Hall–Kier alpha value is -2.90. The van der Waals surface area contributed by atoms with Crippen molar-refractivity contribution in [3.63, 3.8) is 0 Å². The van der Waals surface area contributed by atoms with Gasteiger partial charge >= 0.3 is 0 Å². The lowest BCUT2D eigenvalue weighted by Gasteiger charge is -2.14. The Morgan fingerprint density at radius 2 is 1.86 bits per heavy atom. The lowest BCUT2D eigenvalue weighted by Crippen LogP contribution is -2.31. The van der Waals surface area contributed by atoms with Crippen LogP contribution in [0.5, 0.6) is 5.75 Å². The average molecular weight is 411 g/mol. The number of carbonyl (C=O) groups is 2. The summed E-state index contributed by atoms with van der Waals surface area (Å²) >= 11 is 6.51. The van der Waals surface area contributed by atoms with Crippen molar-refractivity contribution in [3.8, 4) is 5.75 Å². The summed E-state index contributed by atoms with van der Waals surface area (Å²) in [6.45, 7) is 0.217. The summed E-state index contributed by atoms with van der Waals surface area (Å²) in [5, 5.41) is 12.0. The van der Waals surface area contributed by atoms with Gasteiger partial charge in [0, 0.05) is 18.7 Å². The predicted molar refractivity (Wildman–Crippen MR) is 117 cm³/mol. The topological polar surface area (TPSA) is 69.6 Å². The lowest BCUT2D eigenvalue weighted by atomic mass is 10.2. The number of hydrogen-bond acceptors (Lipinski definition) is 5. The van der Waals surface area contributed by atoms with E-state index in [2.05, 4.69) is 5.32 Å². The van der Waals surface area contributed by atoms with E-state index in [4.69, 9.17) is 12.2 Å². The van der Waals surface area contributed by atoms with Gasteiger partial charge in [0.2, 0.25) is 5.91 Å². The molecule has 2 amide bonds. The van der Waals surface area contributed by atoms with Gasteiger partial charge in [-0.2, -0.15) is 0 Å².